The molecule has 0 radical (unpaired) electrons. The molecule has 0 bridgehead atoms. The molecule has 1 saturated carbocycles. The molecule has 148 valence electrons. The number of ether oxygens (including phenoxy) is 3. The number of halogens is 2. The van der Waals surface area contributed by atoms with Crippen LogP contribution in [-0.2, 0) is 19.1 Å². The lowest BCUT2D eigenvalue weighted by molar-refractivity contribution is -0.149. The summed E-state index contributed by atoms with van der Waals surface area (Å²) in [6.45, 7) is 2.95. The van der Waals surface area contributed by atoms with E-state index in [9.17, 15) is 9.18 Å². The fourth-order valence-electron chi connectivity index (χ4n) is 2.85. The third kappa shape index (κ3) is 4.79. The van der Waals surface area contributed by atoms with Gasteiger partial charge in [-0.25, -0.2) is 9.18 Å². The van der Waals surface area contributed by atoms with Crippen LogP contribution in [0.1, 0.15) is 38.2 Å². The number of hydrogen-bond donors (Lipinski definition) is 0. The zero-order valence-electron chi connectivity index (χ0n) is 15.4. The van der Waals surface area contributed by atoms with Crippen molar-refractivity contribution in [3.63, 3.8) is 0 Å². The molecule has 6 nitrogen and oxygen atoms in total. The lowest BCUT2D eigenvalue weighted by Crippen LogP contribution is -2.32. The molecule has 0 saturated heterocycles. The van der Waals surface area contributed by atoms with Gasteiger partial charge in [0.1, 0.15) is 30.0 Å². The molecule has 0 N–H and O–H groups in total. The summed E-state index contributed by atoms with van der Waals surface area (Å²) < 4.78 is 31.1. The monoisotopic (exact) mass is 443 g/mol. The number of benzene rings is 1. The molecule has 1 heterocycles. The summed E-state index contributed by atoms with van der Waals surface area (Å²) in [5.74, 6) is -0.648. The first-order valence-electron chi connectivity index (χ1n) is 9.10. The maximum absolute atomic E-state index is 14.2. The molecule has 1 fully saturated rings. The van der Waals surface area contributed by atoms with Crippen LogP contribution < -0.4 is 4.74 Å². The summed E-state index contributed by atoms with van der Waals surface area (Å²) in [6.07, 6.45) is 2.55. The van der Waals surface area contributed by atoms with Crippen LogP contribution in [0.5, 0.6) is 5.75 Å². The number of carbonyl (C=O) groups is 1. The minimum absolute atomic E-state index is 0.0791. The normalized spacial score (nSPS) is 20.0. The van der Waals surface area contributed by atoms with E-state index in [2.05, 4.69) is 28.0 Å². The van der Waals surface area contributed by atoms with Gasteiger partial charge in [-0.1, -0.05) is 18.5 Å². The summed E-state index contributed by atoms with van der Waals surface area (Å²) in [7, 11) is 1.32. The Morgan fingerprint density at radius 3 is 2.89 bits per heavy atom. The van der Waals surface area contributed by atoms with Crippen molar-refractivity contribution in [3.8, 4) is 5.75 Å². The highest BCUT2D eigenvalue weighted by molar-refractivity contribution is 9.10. The summed E-state index contributed by atoms with van der Waals surface area (Å²) in [5, 5.41) is 4.08. The topological polar surface area (TPSA) is 66.3 Å². The maximum Gasteiger partial charge on any atom is 0.347 e. The number of rotatable bonds is 9. The Balaban J connectivity index is 1.88. The molecular formula is C19H23BrFNO5. The van der Waals surface area contributed by atoms with E-state index in [-0.39, 0.29) is 28.9 Å². The first-order chi connectivity index (χ1) is 13.0. The number of esters is 1. The molecule has 0 aromatic heterocycles. The van der Waals surface area contributed by atoms with Crippen molar-refractivity contribution in [1.29, 1.82) is 0 Å². The SMILES string of the molecule is CCCCOC1CON=C1c1cc(Br)c(F)cc1O[C@H](C(=O)OC)C1CC1. The van der Waals surface area contributed by atoms with Gasteiger partial charge in [0.15, 0.2) is 6.10 Å². The standard InChI is InChI=1S/C19H23BrFNO5/c1-3-4-7-25-16-10-26-22-17(16)12-8-13(20)14(21)9-15(12)27-18(11-5-6-11)19(23)24-2/h8-9,11,16,18H,3-7,10H2,1-2H3/t16?,18-/m0/s1. The van der Waals surface area contributed by atoms with Crippen LogP contribution in [0, 0.1) is 11.7 Å². The molecule has 1 aromatic carbocycles. The van der Waals surface area contributed by atoms with Gasteiger partial charge in [0.2, 0.25) is 0 Å². The Kier molecular flexibility index (Phi) is 6.70. The predicted molar refractivity (Wildman–Crippen MR) is 100 cm³/mol. The summed E-state index contributed by atoms with van der Waals surface area (Å²) in [5.41, 5.74) is 1.07. The zero-order valence-corrected chi connectivity index (χ0v) is 17.0. The fraction of sp³-hybridized carbons (Fsp3) is 0.579. The highest BCUT2D eigenvalue weighted by atomic mass is 79.9. The van der Waals surface area contributed by atoms with Crippen molar-refractivity contribution in [3.05, 3.63) is 28.0 Å². The molecule has 3 rings (SSSR count). The van der Waals surface area contributed by atoms with Crippen molar-refractivity contribution in [2.24, 2.45) is 11.1 Å². The van der Waals surface area contributed by atoms with Crippen molar-refractivity contribution in [2.45, 2.75) is 44.8 Å². The molecule has 1 aliphatic heterocycles. The predicted octanol–water partition coefficient (Wildman–Crippen LogP) is 3.84. The molecule has 1 aromatic rings. The van der Waals surface area contributed by atoms with E-state index in [0.717, 1.165) is 25.7 Å². The first-order valence-corrected chi connectivity index (χ1v) is 9.89. The minimum Gasteiger partial charge on any atom is -0.478 e. The second-order valence-electron chi connectivity index (χ2n) is 6.65. The van der Waals surface area contributed by atoms with E-state index in [1.165, 1.54) is 13.2 Å². The number of unbranched alkanes of at least 4 members (excludes halogenated alkanes) is 1. The number of oxime groups is 1. The number of carbonyl (C=O) groups excluding carboxylic acids is 1. The third-order valence-corrected chi connectivity index (χ3v) is 5.15. The number of hydrogen-bond acceptors (Lipinski definition) is 6. The van der Waals surface area contributed by atoms with Gasteiger partial charge in [-0.3, -0.25) is 0 Å². The second-order valence-corrected chi connectivity index (χ2v) is 7.50. The fourth-order valence-corrected chi connectivity index (χ4v) is 3.19. The molecule has 0 amide bonds. The molecule has 8 heteroatoms. The van der Waals surface area contributed by atoms with Crippen LogP contribution >= 0.6 is 15.9 Å². The van der Waals surface area contributed by atoms with Crippen LogP contribution in [0.3, 0.4) is 0 Å². The van der Waals surface area contributed by atoms with Gasteiger partial charge in [-0.05, 0) is 41.3 Å². The smallest absolute Gasteiger partial charge is 0.347 e. The first kappa shape index (κ1) is 20.1. The van der Waals surface area contributed by atoms with Gasteiger partial charge in [0.05, 0.1) is 11.6 Å². The lowest BCUT2D eigenvalue weighted by Gasteiger charge is -2.20. The van der Waals surface area contributed by atoms with E-state index in [0.29, 0.717) is 17.9 Å². The van der Waals surface area contributed by atoms with Crippen LogP contribution in [0.4, 0.5) is 4.39 Å². The molecule has 1 unspecified atom stereocenters. The average molecular weight is 444 g/mol. The second kappa shape index (κ2) is 9.01. The Labute approximate surface area is 166 Å². The van der Waals surface area contributed by atoms with E-state index in [4.69, 9.17) is 19.0 Å². The Morgan fingerprint density at radius 2 is 2.22 bits per heavy atom. The Morgan fingerprint density at radius 1 is 1.44 bits per heavy atom. The van der Waals surface area contributed by atoms with E-state index in [1.807, 2.05) is 0 Å². The van der Waals surface area contributed by atoms with Crippen LogP contribution in [0.25, 0.3) is 0 Å². The lowest BCUT2D eigenvalue weighted by atomic mass is 10.0. The number of methoxy groups -OCH3 is 1. The summed E-state index contributed by atoms with van der Waals surface area (Å²) in [6, 6.07) is 2.83. The molecule has 0 spiro atoms. The van der Waals surface area contributed by atoms with E-state index >= 15 is 0 Å². The third-order valence-electron chi connectivity index (χ3n) is 4.55. The van der Waals surface area contributed by atoms with Gasteiger partial charge < -0.3 is 19.0 Å². The summed E-state index contributed by atoms with van der Waals surface area (Å²) >= 11 is 3.20. The van der Waals surface area contributed by atoms with Crippen molar-refractivity contribution in [1.82, 2.24) is 0 Å². The van der Waals surface area contributed by atoms with Gasteiger partial charge in [0, 0.05) is 24.2 Å². The maximum atomic E-state index is 14.2. The molecule has 27 heavy (non-hydrogen) atoms. The van der Waals surface area contributed by atoms with Crippen molar-refractivity contribution < 1.29 is 28.2 Å². The highest BCUT2D eigenvalue weighted by Crippen LogP contribution is 2.38. The Bertz CT molecular complexity index is 722. The van der Waals surface area contributed by atoms with Crippen LogP contribution in [0.15, 0.2) is 21.8 Å². The highest BCUT2D eigenvalue weighted by Gasteiger charge is 2.40. The van der Waals surface area contributed by atoms with Gasteiger partial charge in [-0.15, -0.1) is 0 Å². The quantitative estimate of drug-likeness (QED) is 0.428. The molecule has 2 aliphatic rings. The van der Waals surface area contributed by atoms with Crippen LogP contribution in [0.2, 0.25) is 0 Å². The van der Waals surface area contributed by atoms with E-state index < -0.39 is 17.9 Å². The summed E-state index contributed by atoms with van der Waals surface area (Å²) in [4.78, 5) is 17.3. The van der Waals surface area contributed by atoms with Gasteiger partial charge in [-0.2, -0.15) is 0 Å². The van der Waals surface area contributed by atoms with Crippen molar-refractivity contribution in [2.75, 3.05) is 20.3 Å². The minimum atomic E-state index is -0.767. The van der Waals surface area contributed by atoms with Crippen molar-refractivity contribution >= 4 is 27.6 Å². The molecule has 1 aliphatic carbocycles. The van der Waals surface area contributed by atoms with Crippen LogP contribution in [-0.4, -0.2) is 44.2 Å². The Hall–Kier alpha value is -1.67. The van der Waals surface area contributed by atoms with Gasteiger partial charge in [0.25, 0.3) is 0 Å². The largest absolute Gasteiger partial charge is 0.478 e. The number of nitrogens with zero attached hydrogens (tertiary/aromatic N) is 1. The average Bonchev–Trinajstić information content (AvgIpc) is 3.40. The van der Waals surface area contributed by atoms with E-state index in [1.54, 1.807) is 6.07 Å². The molecule has 2 atom stereocenters. The molecular weight excluding hydrogens is 421 g/mol. The zero-order chi connectivity index (χ0) is 19.4. The van der Waals surface area contributed by atoms with Gasteiger partial charge >= 0.3 is 5.97 Å².